The first-order valence-corrected chi connectivity index (χ1v) is 19.1. The Hall–Kier alpha value is -4.37. The SMILES string of the molecule is CC(C)C(=O)N(C)C[C@](CCN1CCC2(CC1)NC(=O)Cc1ccccc12)(c1ccc(Cl)c(Cl)c1)N(C)C(=O)NC(c1ccccc1)c1ccccc1. The van der Waals surface area contributed by atoms with Crippen LogP contribution in [0.5, 0.6) is 0 Å². The third-order valence-corrected chi connectivity index (χ3v) is 11.9. The van der Waals surface area contributed by atoms with Crippen LogP contribution in [0, 0.1) is 5.92 Å². The molecule has 2 aliphatic heterocycles. The highest BCUT2D eigenvalue weighted by molar-refractivity contribution is 6.42. The highest BCUT2D eigenvalue weighted by Crippen LogP contribution is 2.40. The number of fused-ring (bicyclic) bond motifs is 2. The third-order valence-electron chi connectivity index (χ3n) is 11.1. The van der Waals surface area contributed by atoms with Crippen LogP contribution < -0.4 is 10.6 Å². The van der Waals surface area contributed by atoms with Gasteiger partial charge in [0.25, 0.3) is 0 Å². The molecule has 0 unspecified atom stereocenters. The lowest BCUT2D eigenvalue weighted by Gasteiger charge is -2.48. The predicted molar refractivity (Wildman–Crippen MR) is 212 cm³/mol. The van der Waals surface area contributed by atoms with Gasteiger partial charge in [-0.25, -0.2) is 4.79 Å². The van der Waals surface area contributed by atoms with E-state index in [0.717, 1.165) is 48.2 Å². The molecule has 2 aliphatic rings. The van der Waals surface area contributed by atoms with Gasteiger partial charge >= 0.3 is 6.03 Å². The quantitative estimate of drug-likeness (QED) is 0.164. The number of hydrogen-bond donors (Lipinski definition) is 2. The van der Waals surface area contributed by atoms with Gasteiger partial charge in [0.05, 0.1) is 33.6 Å². The second-order valence-corrected chi connectivity index (χ2v) is 15.6. The number of likely N-dealkylation sites (tertiary alicyclic amines) is 1. The lowest BCUT2D eigenvalue weighted by atomic mass is 9.75. The van der Waals surface area contributed by atoms with Gasteiger partial charge in [0.2, 0.25) is 11.8 Å². The average molecular weight is 755 g/mol. The Kier molecular flexibility index (Phi) is 11.8. The summed E-state index contributed by atoms with van der Waals surface area (Å²) in [7, 11) is 3.60. The monoisotopic (exact) mass is 753 g/mol. The van der Waals surface area contributed by atoms with E-state index in [4.69, 9.17) is 23.2 Å². The summed E-state index contributed by atoms with van der Waals surface area (Å²) in [5, 5.41) is 7.47. The van der Waals surface area contributed by atoms with Gasteiger partial charge in [0.15, 0.2) is 0 Å². The first-order chi connectivity index (χ1) is 25.4. The van der Waals surface area contributed by atoms with Crippen LogP contribution in [0.25, 0.3) is 0 Å². The lowest BCUT2D eigenvalue weighted by molar-refractivity contribution is -0.135. The van der Waals surface area contributed by atoms with E-state index in [1.54, 1.807) is 30.0 Å². The fourth-order valence-electron chi connectivity index (χ4n) is 8.13. The molecule has 278 valence electrons. The average Bonchev–Trinajstić information content (AvgIpc) is 3.17. The van der Waals surface area contributed by atoms with Gasteiger partial charge in [0, 0.05) is 46.2 Å². The van der Waals surface area contributed by atoms with Gasteiger partial charge in [-0.2, -0.15) is 0 Å². The molecule has 10 heteroatoms. The summed E-state index contributed by atoms with van der Waals surface area (Å²) in [4.78, 5) is 47.0. The smallest absolute Gasteiger partial charge is 0.318 e. The van der Waals surface area contributed by atoms with Crippen LogP contribution >= 0.6 is 23.2 Å². The number of halogens is 2. The highest BCUT2D eigenvalue weighted by Gasteiger charge is 2.45. The van der Waals surface area contributed by atoms with Crippen LogP contribution in [0.15, 0.2) is 103 Å². The molecule has 1 atom stereocenters. The van der Waals surface area contributed by atoms with Crippen molar-refractivity contribution in [2.75, 3.05) is 40.3 Å². The number of benzene rings is 4. The number of amides is 4. The van der Waals surface area contributed by atoms with Crippen molar-refractivity contribution in [2.45, 2.75) is 56.7 Å². The number of rotatable bonds is 11. The summed E-state index contributed by atoms with van der Waals surface area (Å²) >= 11 is 13.2. The molecule has 2 N–H and O–H groups in total. The van der Waals surface area contributed by atoms with Crippen LogP contribution in [-0.2, 0) is 27.1 Å². The summed E-state index contributed by atoms with van der Waals surface area (Å²) in [5.41, 5.74) is 3.59. The Morgan fingerprint density at radius 1 is 0.868 bits per heavy atom. The van der Waals surface area contributed by atoms with Gasteiger partial charge in [-0.15, -0.1) is 0 Å². The molecule has 0 bridgehead atoms. The van der Waals surface area contributed by atoms with Gasteiger partial charge in [0.1, 0.15) is 0 Å². The van der Waals surface area contributed by atoms with Crippen molar-refractivity contribution >= 4 is 41.0 Å². The second-order valence-electron chi connectivity index (χ2n) is 14.8. The summed E-state index contributed by atoms with van der Waals surface area (Å²) in [6.45, 7) is 6.14. The van der Waals surface area contributed by atoms with Crippen LogP contribution in [0.2, 0.25) is 10.0 Å². The van der Waals surface area contributed by atoms with E-state index >= 15 is 0 Å². The highest BCUT2D eigenvalue weighted by atomic mass is 35.5. The van der Waals surface area contributed by atoms with E-state index in [-0.39, 0.29) is 30.3 Å². The van der Waals surface area contributed by atoms with Gasteiger partial charge in [-0.3, -0.25) is 9.59 Å². The summed E-state index contributed by atoms with van der Waals surface area (Å²) in [6.07, 6.45) is 2.45. The number of carbonyl (C=O) groups is 3. The molecule has 4 aromatic carbocycles. The standard InChI is InChI=1S/C43H49Cl2N5O3/c1-30(2)40(52)48(3)29-43(34-19-20-36(44)37(45)28-34,49(4)41(53)46-39(31-13-7-5-8-14-31)32-15-9-6-10-16-32)23-26-50-24-21-42(22-25-50)35-18-12-11-17-33(35)27-38(51)47-42/h5-20,28,30,39H,21-27,29H2,1-4H3,(H,46,53)(H,47,51)/t43-/m1/s1. The van der Waals surface area contributed by atoms with Crippen LogP contribution in [0.1, 0.15) is 67.0 Å². The maximum Gasteiger partial charge on any atom is 0.318 e. The molecule has 4 amide bonds. The summed E-state index contributed by atoms with van der Waals surface area (Å²) in [5.74, 6) is -0.204. The van der Waals surface area contributed by atoms with Crippen molar-refractivity contribution in [3.05, 3.63) is 141 Å². The number of nitrogens with zero attached hydrogens (tertiary/aromatic N) is 3. The summed E-state index contributed by atoms with van der Waals surface area (Å²) < 4.78 is 0. The number of piperidine rings is 1. The van der Waals surface area contributed by atoms with Crippen LogP contribution in [0.4, 0.5) is 4.79 Å². The zero-order valence-corrected chi connectivity index (χ0v) is 32.5. The number of urea groups is 1. The fourth-order valence-corrected chi connectivity index (χ4v) is 8.43. The van der Waals surface area contributed by atoms with Crippen molar-refractivity contribution in [3.8, 4) is 0 Å². The normalized spacial score (nSPS) is 16.5. The molecule has 4 aromatic rings. The maximum atomic E-state index is 14.8. The van der Waals surface area contributed by atoms with E-state index < -0.39 is 17.1 Å². The molecule has 6 rings (SSSR count). The molecular weight excluding hydrogens is 705 g/mol. The fraction of sp³-hybridized carbons (Fsp3) is 0.372. The molecule has 53 heavy (non-hydrogen) atoms. The molecule has 0 aliphatic carbocycles. The predicted octanol–water partition coefficient (Wildman–Crippen LogP) is 7.79. The van der Waals surface area contributed by atoms with Crippen molar-refractivity contribution in [1.29, 1.82) is 0 Å². The first-order valence-electron chi connectivity index (χ1n) is 18.4. The Labute approximate surface area is 323 Å². The van der Waals surface area contributed by atoms with Gasteiger partial charge in [-0.05, 0) is 59.2 Å². The maximum absolute atomic E-state index is 14.8. The van der Waals surface area contributed by atoms with E-state index in [2.05, 4.69) is 27.7 Å². The van der Waals surface area contributed by atoms with E-state index in [9.17, 15) is 14.4 Å². The Morgan fingerprint density at radius 3 is 2.08 bits per heavy atom. The second kappa shape index (κ2) is 16.3. The largest absolute Gasteiger partial charge is 0.346 e. The number of likely N-dealkylation sites (N-methyl/N-ethyl adjacent to an activating group) is 2. The lowest BCUT2D eigenvalue weighted by Crippen LogP contribution is -2.59. The Morgan fingerprint density at radius 2 is 1.47 bits per heavy atom. The minimum atomic E-state index is -1.00. The third kappa shape index (κ3) is 8.25. The Balaban J connectivity index is 1.34. The van der Waals surface area contributed by atoms with Crippen molar-refractivity contribution < 1.29 is 14.4 Å². The molecule has 1 saturated heterocycles. The van der Waals surface area contributed by atoms with E-state index in [1.807, 2.05) is 98.8 Å². The molecule has 8 nitrogen and oxygen atoms in total. The zero-order chi connectivity index (χ0) is 37.8. The van der Waals surface area contributed by atoms with Gasteiger partial charge in [-0.1, -0.05) is 128 Å². The van der Waals surface area contributed by atoms with Crippen molar-refractivity contribution in [3.63, 3.8) is 0 Å². The number of carbonyl (C=O) groups excluding carboxylic acids is 3. The van der Waals surface area contributed by atoms with E-state index in [0.29, 0.717) is 29.4 Å². The molecule has 1 fully saturated rings. The molecule has 0 aromatic heterocycles. The first kappa shape index (κ1) is 38.4. The van der Waals surface area contributed by atoms with Crippen molar-refractivity contribution in [2.24, 2.45) is 5.92 Å². The topological polar surface area (TPSA) is 85.0 Å². The molecular formula is C43H49Cl2N5O3. The van der Waals surface area contributed by atoms with Gasteiger partial charge < -0.3 is 25.3 Å². The minimum absolute atomic E-state index is 0.0266. The molecule has 1 spiro atoms. The molecule has 0 radical (unpaired) electrons. The van der Waals surface area contributed by atoms with E-state index in [1.165, 1.54) is 5.56 Å². The Bertz CT molecular complexity index is 1880. The number of nitrogens with one attached hydrogen (secondary N) is 2. The minimum Gasteiger partial charge on any atom is -0.346 e. The summed E-state index contributed by atoms with van der Waals surface area (Å²) in [6, 6.07) is 32.9. The van der Waals surface area contributed by atoms with Crippen LogP contribution in [-0.4, -0.2) is 72.8 Å². The van der Waals surface area contributed by atoms with Crippen molar-refractivity contribution in [1.82, 2.24) is 25.3 Å². The molecule has 0 saturated carbocycles. The molecule has 2 heterocycles. The van der Waals surface area contributed by atoms with Crippen LogP contribution in [0.3, 0.4) is 0 Å². The zero-order valence-electron chi connectivity index (χ0n) is 30.9. The number of hydrogen-bond acceptors (Lipinski definition) is 4.